The van der Waals surface area contributed by atoms with Gasteiger partial charge in [-0.1, -0.05) is 50.6 Å². The minimum atomic E-state index is -2.61. The smallest absolute Gasteiger partial charge is 0.308 e. The number of phenols is 1. The van der Waals surface area contributed by atoms with Gasteiger partial charge in [0.25, 0.3) is 0 Å². The van der Waals surface area contributed by atoms with Gasteiger partial charge >= 0.3 is 10.5 Å². The van der Waals surface area contributed by atoms with Gasteiger partial charge in [0.1, 0.15) is 12.0 Å². The van der Waals surface area contributed by atoms with Gasteiger partial charge in [-0.05, 0) is 30.0 Å². The summed E-state index contributed by atoms with van der Waals surface area (Å²) in [6, 6.07) is 10.8. The summed E-state index contributed by atoms with van der Waals surface area (Å²) in [6.07, 6.45) is 0.917. The maximum atomic E-state index is 12.3. The number of hydrogen-bond donors (Lipinski definition) is 3. The zero-order chi connectivity index (χ0) is 21.5. The summed E-state index contributed by atoms with van der Waals surface area (Å²) < 4.78 is 22.8. The summed E-state index contributed by atoms with van der Waals surface area (Å²) in [5, 5.41) is 13.2. The molecule has 0 saturated heterocycles. The number of benzene rings is 2. The number of carbonyl (C=O) groups excluding carboxylic acids is 2. The van der Waals surface area contributed by atoms with E-state index in [9.17, 15) is 14.7 Å². The molecule has 28 heavy (non-hydrogen) atoms. The van der Waals surface area contributed by atoms with Crippen molar-refractivity contribution in [1.29, 1.82) is 4.78 Å². The molecule has 0 atom stereocenters. The number of hydrogen-bond acceptors (Lipinski definition) is 6. The molecule has 0 bridgehead atoms. The molecule has 2 aromatic rings. The topological polar surface area (TPSA) is 124 Å². The Morgan fingerprint density at radius 1 is 1.18 bits per heavy atom. The Kier molecular flexibility index (Phi) is 8.06. The van der Waals surface area contributed by atoms with Crippen molar-refractivity contribution in [3.05, 3.63) is 58.7 Å². The van der Waals surface area contributed by atoms with E-state index in [1.54, 1.807) is 6.07 Å². The minimum absolute atomic E-state index is 0.00496. The van der Waals surface area contributed by atoms with Crippen LogP contribution in [0, 0.1) is 11.7 Å². The van der Waals surface area contributed by atoms with Gasteiger partial charge in [-0.15, -0.1) is 0 Å². The Balaban J connectivity index is 0.000000892. The van der Waals surface area contributed by atoms with E-state index in [4.69, 9.17) is 13.2 Å². The zero-order valence-corrected chi connectivity index (χ0v) is 17.1. The van der Waals surface area contributed by atoms with E-state index in [-0.39, 0.29) is 29.2 Å². The maximum absolute atomic E-state index is 12.3. The number of aldehydes is 1. The van der Waals surface area contributed by atoms with E-state index in [0.717, 1.165) is 11.1 Å². The number of aryl methyl sites for hydroxylation is 1. The third kappa shape index (κ3) is 7.32. The van der Waals surface area contributed by atoms with E-state index < -0.39 is 10.5 Å². The fraction of sp³-hybridized carbons (Fsp3) is 0.300. The van der Waals surface area contributed by atoms with Gasteiger partial charge in [0.15, 0.2) is 0 Å². The molecule has 150 valence electrons. The van der Waals surface area contributed by atoms with Crippen molar-refractivity contribution in [2.24, 2.45) is 0 Å². The van der Waals surface area contributed by atoms with Crippen molar-refractivity contribution >= 4 is 28.4 Å². The van der Waals surface area contributed by atoms with Gasteiger partial charge in [0.05, 0.1) is 12.1 Å². The molecule has 1 amide bonds. The number of amides is 1. The van der Waals surface area contributed by atoms with E-state index in [1.807, 2.05) is 52.0 Å². The number of rotatable bonds is 4. The van der Waals surface area contributed by atoms with Gasteiger partial charge in [-0.25, -0.2) is 0 Å². The van der Waals surface area contributed by atoms with Crippen LogP contribution in [0.3, 0.4) is 0 Å². The standard InChI is InChI=1S/C20H23NO3.HNO2S/c1-13-5-7-14(8-6-13)11-18(23)21-17-10-15(12-22)9-16(19(17)24)20(2,3)4;1-4(2)3/h5-10,12,24H,11H2,1-4H3,(H,21,23);1H. The SMILES string of the molecule is Cc1ccc(CC(=O)Nc2cc(C=O)cc(C(C)(C)C)c2O)cc1.N=S(=O)=O. The molecule has 8 heteroatoms. The Bertz CT molecular complexity index is 953. The highest BCUT2D eigenvalue weighted by molar-refractivity contribution is 7.60. The predicted octanol–water partition coefficient (Wildman–Crippen LogP) is 3.62. The van der Waals surface area contributed by atoms with Crippen molar-refractivity contribution in [3.8, 4) is 5.75 Å². The van der Waals surface area contributed by atoms with Crippen LogP contribution in [-0.4, -0.2) is 25.7 Å². The van der Waals surface area contributed by atoms with Crippen LogP contribution in [0.5, 0.6) is 5.75 Å². The molecule has 0 aromatic heterocycles. The highest BCUT2D eigenvalue weighted by Gasteiger charge is 2.22. The van der Waals surface area contributed by atoms with E-state index in [1.165, 1.54) is 6.07 Å². The van der Waals surface area contributed by atoms with Crippen LogP contribution in [0.2, 0.25) is 0 Å². The molecule has 0 unspecified atom stereocenters. The lowest BCUT2D eigenvalue weighted by atomic mass is 9.85. The second-order valence-corrected chi connectivity index (χ2v) is 7.75. The molecule has 2 rings (SSSR count). The lowest BCUT2D eigenvalue weighted by Gasteiger charge is -2.22. The number of phenolic OH excluding ortho intramolecular Hbond substituents is 1. The molecule has 0 saturated carbocycles. The molecule has 7 nitrogen and oxygen atoms in total. The highest BCUT2D eigenvalue weighted by atomic mass is 32.2. The van der Waals surface area contributed by atoms with Crippen molar-refractivity contribution in [2.75, 3.05) is 5.32 Å². The minimum Gasteiger partial charge on any atom is -0.505 e. The van der Waals surface area contributed by atoms with Crippen molar-refractivity contribution in [2.45, 2.75) is 39.5 Å². The largest absolute Gasteiger partial charge is 0.505 e. The third-order valence-electron chi connectivity index (χ3n) is 3.84. The molecule has 0 spiro atoms. The number of aromatic hydroxyl groups is 1. The summed E-state index contributed by atoms with van der Waals surface area (Å²) in [7, 11) is -2.61. The monoisotopic (exact) mass is 404 g/mol. The highest BCUT2D eigenvalue weighted by Crippen LogP contribution is 2.37. The molecule has 3 N–H and O–H groups in total. The maximum Gasteiger partial charge on any atom is 0.308 e. The van der Waals surface area contributed by atoms with Crippen LogP contribution in [0.1, 0.15) is 47.8 Å². The van der Waals surface area contributed by atoms with Crippen molar-refractivity contribution in [3.63, 3.8) is 0 Å². The summed E-state index contributed by atoms with van der Waals surface area (Å²) in [6.45, 7) is 7.80. The molecule has 0 radical (unpaired) electrons. The van der Waals surface area contributed by atoms with Crippen LogP contribution in [0.25, 0.3) is 0 Å². The average molecular weight is 404 g/mol. The van der Waals surface area contributed by atoms with Crippen LogP contribution in [-0.2, 0) is 27.1 Å². The van der Waals surface area contributed by atoms with E-state index >= 15 is 0 Å². The molecule has 0 aliphatic carbocycles. The summed E-state index contributed by atoms with van der Waals surface area (Å²) in [4.78, 5) is 23.4. The zero-order valence-electron chi connectivity index (χ0n) is 16.2. The Morgan fingerprint density at radius 2 is 1.71 bits per heavy atom. The van der Waals surface area contributed by atoms with Gasteiger partial charge in [-0.3, -0.25) is 9.59 Å². The van der Waals surface area contributed by atoms with Gasteiger partial charge in [0.2, 0.25) is 5.91 Å². The Morgan fingerprint density at radius 3 is 2.18 bits per heavy atom. The summed E-state index contributed by atoms with van der Waals surface area (Å²) >= 11 is 0. The second kappa shape index (κ2) is 9.80. The quantitative estimate of drug-likeness (QED) is 0.530. The predicted molar refractivity (Wildman–Crippen MR) is 107 cm³/mol. The van der Waals surface area contributed by atoms with Gasteiger partial charge in [0, 0.05) is 11.1 Å². The van der Waals surface area contributed by atoms with Crippen LogP contribution >= 0.6 is 0 Å². The van der Waals surface area contributed by atoms with Crippen molar-refractivity contribution < 1.29 is 23.1 Å². The van der Waals surface area contributed by atoms with Crippen molar-refractivity contribution in [1.82, 2.24) is 0 Å². The molecular weight excluding hydrogens is 380 g/mol. The second-order valence-electron chi connectivity index (χ2n) is 7.28. The fourth-order valence-corrected chi connectivity index (χ4v) is 2.48. The first-order valence-electron chi connectivity index (χ1n) is 8.42. The fourth-order valence-electron chi connectivity index (χ4n) is 2.48. The molecule has 0 heterocycles. The van der Waals surface area contributed by atoms with E-state index in [2.05, 4.69) is 5.32 Å². The third-order valence-corrected chi connectivity index (χ3v) is 3.84. The van der Waals surface area contributed by atoms with E-state index in [0.29, 0.717) is 17.4 Å². The summed E-state index contributed by atoms with van der Waals surface area (Å²) in [5.74, 6) is -0.234. The molecule has 2 aromatic carbocycles. The van der Waals surface area contributed by atoms with Crippen LogP contribution in [0.4, 0.5) is 5.69 Å². The first-order valence-corrected chi connectivity index (χ1v) is 9.50. The van der Waals surface area contributed by atoms with Gasteiger partial charge in [-0.2, -0.15) is 13.2 Å². The first kappa shape index (κ1) is 23.0. The Labute approximate surface area is 165 Å². The van der Waals surface area contributed by atoms with Gasteiger partial charge < -0.3 is 10.4 Å². The van der Waals surface area contributed by atoms with Crippen LogP contribution in [0.15, 0.2) is 36.4 Å². The first-order chi connectivity index (χ1) is 12.9. The number of carbonyl (C=O) groups is 2. The number of nitrogens with one attached hydrogen (secondary N) is 2. The normalized spacial score (nSPS) is 10.4. The Hall–Kier alpha value is -3.00. The van der Waals surface area contributed by atoms with Crippen LogP contribution < -0.4 is 5.32 Å². The summed E-state index contributed by atoms with van der Waals surface area (Å²) in [5.41, 5.74) is 2.98. The number of anilines is 1. The average Bonchev–Trinajstić information content (AvgIpc) is 2.57. The lowest BCUT2D eigenvalue weighted by Crippen LogP contribution is -2.17. The molecule has 0 fully saturated rings. The molecular formula is C20H24N2O5S. The molecule has 0 aliphatic heterocycles. The molecule has 0 aliphatic rings. The lowest BCUT2D eigenvalue weighted by molar-refractivity contribution is -0.115.